The summed E-state index contributed by atoms with van der Waals surface area (Å²) in [5.41, 5.74) is 1.43. The molecule has 1 aromatic carbocycles. The molecule has 1 atom stereocenters. The van der Waals surface area contributed by atoms with Gasteiger partial charge in [-0.05, 0) is 56.9 Å². The third kappa shape index (κ3) is 3.95. The first-order valence-electron chi connectivity index (χ1n) is 6.40. The lowest BCUT2D eigenvalue weighted by atomic mass is 10.00. The Kier molecular flexibility index (Phi) is 4.84. The van der Waals surface area contributed by atoms with Gasteiger partial charge in [0.1, 0.15) is 0 Å². The molecule has 1 unspecified atom stereocenters. The fourth-order valence-corrected chi connectivity index (χ4v) is 2.28. The lowest BCUT2D eigenvalue weighted by Crippen LogP contribution is -2.36. The maximum Gasteiger partial charge on any atom is -0.000823 e. The Bertz CT molecular complexity index is 278. The van der Waals surface area contributed by atoms with Gasteiger partial charge in [0.15, 0.2) is 0 Å². The van der Waals surface area contributed by atoms with Crippen LogP contribution < -0.4 is 10.6 Å². The molecule has 0 spiro atoms. The maximum absolute atomic E-state index is 3.56. The largest absolute Gasteiger partial charge is 0.316 e. The van der Waals surface area contributed by atoms with Crippen molar-refractivity contribution in [1.29, 1.82) is 0 Å². The quantitative estimate of drug-likeness (QED) is 0.737. The minimum atomic E-state index is 0.838. The van der Waals surface area contributed by atoms with Gasteiger partial charge >= 0.3 is 0 Å². The van der Waals surface area contributed by atoms with E-state index in [0.29, 0.717) is 0 Å². The van der Waals surface area contributed by atoms with Crippen molar-refractivity contribution in [2.75, 3.05) is 26.2 Å². The van der Waals surface area contributed by atoms with E-state index in [4.69, 9.17) is 0 Å². The fraction of sp³-hybridized carbons (Fsp3) is 0.571. The molecule has 0 bridgehead atoms. The smallest absolute Gasteiger partial charge is 0.000823 e. The topological polar surface area (TPSA) is 24.1 Å². The fourth-order valence-electron chi connectivity index (χ4n) is 2.28. The standard InChI is InChI=1S/C14H22N2/c1-2-5-13(6-3-1)8-10-16-12-14-7-4-9-15-11-14/h1-3,5-6,14-16H,4,7-12H2. The summed E-state index contributed by atoms with van der Waals surface area (Å²) in [6.07, 6.45) is 3.86. The van der Waals surface area contributed by atoms with Crippen LogP contribution in [0.2, 0.25) is 0 Å². The highest BCUT2D eigenvalue weighted by molar-refractivity contribution is 5.14. The summed E-state index contributed by atoms with van der Waals surface area (Å²) in [5, 5.41) is 7.02. The van der Waals surface area contributed by atoms with Crippen molar-refractivity contribution < 1.29 is 0 Å². The average Bonchev–Trinajstić information content (AvgIpc) is 2.37. The summed E-state index contributed by atoms with van der Waals surface area (Å²) in [7, 11) is 0. The van der Waals surface area contributed by atoms with E-state index in [1.54, 1.807) is 0 Å². The molecule has 2 rings (SSSR count). The highest BCUT2D eigenvalue weighted by Gasteiger charge is 2.11. The maximum atomic E-state index is 3.56. The Labute approximate surface area is 98.4 Å². The Morgan fingerprint density at radius 1 is 1.25 bits per heavy atom. The van der Waals surface area contributed by atoms with E-state index >= 15 is 0 Å². The lowest BCUT2D eigenvalue weighted by Gasteiger charge is -2.22. The van der Waals surface area contributed by atoms with Gasteiger partial charge in [-0.25, -0.2) is 0 Å². The summed E-state index contributed by atoms with van der Waals surface area (Å²) in [6.45, 7) is 4.67. The summed E-state index contributed by atoms with van der Waals surface area (Å²) in [5.74, 6) is 0.838. The van der Waals surface area contributed by atoms with Crippen molar-refractivity contribution >= 4 is 0 Å². The monoisotopic (exact) mass is 218 g/mol. The van der Waals surface area contributed by atoms with Crippen LogP contribution in [-0.2, 0) is 6.42 Å². The third-order valence-electron chi connectivity index (χ3n) is 3.27. The second kappa shape index (κ2) is 6.66. The van der Waals surface area contributed by atoms with E-state index in [9.17, 15) is 0 Å². The van der Waals surface area contributed by atoms with Crippen LogP contribution in [0.25, 0.3) is 0 Å². The molecule has 1 aliphatic heterocycles. The van der Waals surface area contributed by atoms with Gasteiger partial charge in [-0.3, -0.25) is 0 Å². The van der Waals surface area contributed by atoms with Crippen LogP contribution in [0.4, 0.5) is 0 Å². The normalized spacial score (nSPS) is 20.9. The van der Waals surface area contributed by atoms with Gasteiger partial charge in [0, 0.05) is 0 Å². The van der Waals surface area contributed by atoms with Crippen LogP contribution >= 0.6 is 0 Å². The molecule has 0 aliphatic carbocycles. The van der Waals surface area contributed by atoms with E-state index < -0.39 is 0 Å². The van der Waals surface area contributed by atoms with Crippen LogP contribution in [0.15, 0.2) is 30.3 Å². The van der Waals surface area contributed by atoms with Gasteiger partial charge in [-0.1, -0.05) is 30.3 Å². The van der Waals surface area contributed by atoms with Gasteiger partial charge in [0.25, 0.3) is 0 Å². The summed E-state index contributed by atoms with van der Waals surface area (Å²) < 4.78 is 0. The van der Waals surface area contributed by atoms with Gasteiger partial charge in [0.05, 0.1) is 0 Å². The molecule has 0 aromatic heterocycles. The summed E-state index contributed by atoms with van der Waals surface area (Å²) in [4.78, 5) is 0. The molecule has 1 fully saturated rings. The second-order valence-corrected chi connectivity index (χ2v) is 4.65. The summed E-state index contributed by atoms with van der Waals surface area (Å²) in [6, 6.07) is 10.7. The number of hydrogen-bond donors (Lipinski definition) is 2. The van der Waals surface area contributed by atoms with E-state index in [2.05, 4.69) is 41.0 Å². The predicted octanol–water partition coefficient (Wildman–Crippen LogP) is 1.82. The van der Waals surface area contributed by atoms with Crippen molar-refractivity contribution in [2.24, 2.45) is 5.92 Å². The highest BCUT2D eigenvalue weighted by atomic mass is 14.9. The van der Waals surface area contributed by atoms with Gasteiger partial charge < -0.3 is 10.6 Å². The molecule has 1 heterocycles. The zero-order valence-electron chi connectivity index (χ0n) is 9.91. The molecule has 2 heteroatoms. The Morgan fingerprint density at radius 2 is 2.12 bits per heavy atom. The molecule has 2 nitrogen and oxygen atoms in total. The molecule has 88 valence electrons. The Morgan fingerprint density at radius 3 is 2.88 bits per heavy atom. The first-order chi connectivity index (χ1) is 7.95. The zero-order chi connectivity index (χ0) is 11.1. The first kappa shape index (κ1) is 11.6. The third-order valence-corrected chi connectivity index (χ3v) is 3.27. The van der Waals surface area contributed by atoms with Crippen LogP contribution in [0.5, 0.6) is 0 Å². The van der Waals surface area contributed by atoms with Crippen molar-refractivity contribution in [1.82, 2.24) is 10.6 Å². The molecule has 2 N–H and O–H groups in total. The van der Waals surface area contributed by atoms with Crippen molar-refractivity contribution in [3.8, 4) is 0 Å². The number of rotatable bonds is 5. The number of benzene rings is 1. The van der Waals surface area contributed by atoms with Crippen LogP contribution in [0.1, 0.15) is 18.4 Å². The number of nitrogens with one attached hydrogen (secondary N) is 2. The van der Waals surface area contributed by atoms with Crippen molar-refractivity contribution in [3.63, 3.8) is 0 Å². The second-order valence-electron chi connectivity index (χ2n) is 4.65. The minimum absolute atomic E-state index is 0.838. The molecule has 1 saturated heterocycles. The molecule has 1 aromatic rings. The van der Waals surface area contributed by atoms with E-state index in [1.165, 1.54) is 38.0 Å². The highest BCUT2D eigenvalue weighted by Crippen LogP contribution is 2.08. The summed E-state index contributed by atoms with van der Waals surface area (Å²) >= 11 is 0. The van der Waals surface area contributed by atoms with E-state index in [-0.39, 0.29) is 0 Å². The molecule has 0 radical (unpaired) electrons. The van der Waals surface area contributed by atoms with E-state index in [0.717, 1.165) is 18.9 Å². The van der Waals surface area contributed by atoms with Crippen LogP contribution in [0.3, 0.4) is 0 Å². The number of piperidine rings is 1. The Balaban J connectivity index is 1.58. The van der Waals surface area contributed by atoms with Gasteiger partial charge in [0.2, 0.25) is 0 Å². The minimum Gasteiger partial charge on any atom is -0.316 e. The van der Waals surface area contributed by atoms with Crippen LogP contribution in [0, 0.1) is 5.92 Å². The Hall–Kier alpha value is -0.860. The predicted molar refractivity (Wildman–Crippen MR) is 68.6 cm³/mol. The van der Waals surface area contributed by atoms with Gasteiger partial charge in [-0.15, -0.1) is 0 Å². The molecule has 0 amide bonds. The lowest BCUT2D eigenvalue weighted by molar-refractivity contribution is 0.361. The molecular weight excluding hydrogens is 196 g/mol. The van der Waals surface area contributed by atoms with Gasteiger partial charge in [-0.2, -0.15) is 0 Å². The SMILES string of the molecule is c1ccc(CCNCC2CCCNC2)cc1. The van der Waals surface area contributed by atoms with Crippen molar-refractivity contribution in [3.05, 3.63) is 35.9 Å². The molecule has 0 saturated carbocycles. The average molecular weight is 218 g/mol. The van der Waals surface area contributed by atoms with E-state index in [1.807, 2.05) is 0 Å². The van der Waals surface area contributed by atoms with Crippen molar-refractivity contribution in [2.45, 2.75) is 19.3 Å². The zero-order valence-corrected chi connectivity index (χ0v) is 9.91. The molecule has 1 aliphatic rings. The number of hydrogen-bond acceptors (Lipinski definition) is 2. The molecule has 16 heavy (non-hydrogen) atoms. The first-order valence-corrected chi connectivity index (χ1v) is 6.40. The molecular formula is C14H22N2. The van der Waals surface area contributed by atoms with Crippen LogP contribution in [-0.4, -0.2) is 26.2 Å².